The lowest BCUT2D eigenvalue weighted by Crippen LogP contribution is -2.08. The summed E-state index contributed by atoms with van der Waals surface area (Å²) in [4.78, 5) is 17.4. The highest BCUT2D eigenvalue weighted by molar-refractivity contribution is 7.22. The maximum atomic E-state index is 12.8. The number of amides is 1. The van der Waals surface area contributed by atoms with Gasteiger partial charge < -0.3 is 13.9 Å². The van der Waals surface area contributed by atoms with Crippen molar-refractivity contribution in [1.82, 2.24) is 4.98 Å². The van der Waals surface area contributed by atoms with Gasteiger partial charge >= 0.3 is 0 Å². The molecule has 0 unspecified atom stereocenters. The fourth-order valence-electron chi connectivity index (χ4n) is 4.15. The van der Waals surface area contributed by atoms with Crippen molar-refractivity contribution in [3.05, 3.63) is 78.1 Å². The van der Waals surface area contributed by atoms with Gasteiger partial charge in [-0.2, -0.15) is 0 Å². The summed E-state index contributed by atoms with van der Waals surface area (Å²) in [6, 6.07) is 17.8. The molecular formula is C29H26N2O4S. The highest BCUT2D eigenvalue weighted by Gasteiger charge is 2.15. The van der Waals surface area contributed by atoms with Crippen LogP contribution in [-0.2, 0) is 4.79 Å². The maximum Gasteiger partial charge on any atom is 0.250 e. The highest BCUT2D eigenvalue weighted by atomic mass is 32.1. The molecule has 0 saturated carbocycles. The Morgan fingerprint density at radius 3 is 2.69 bits per heavy atom. The van der Waals surface area contributed by atoms with Crippen molar-refractivity contribution < 1.29 is 18.7 Å². The topological polar surface area (TPSA) is 73.6 Å². The van der Waals surface area contributed by atoms with Gasteiger partial charge in [0.2, 0.25) is 5.91 Å². The second-order valence-electron chi connectivity index (χ2n) is 8.46. The zero-order chi connectivity index (χ0) is 25.2. The van der Waals surface area contributed by atoms with E-state index in [0.717, 1.165) is 49.2 Å². The Bertz CT molecular complexity index is 1600. The molecule has 0 spiro atoms. The minimum Gasteiger partial charge on any atom is -0.496 e. The molecule has 0 fully saturated rings. The van der Waals surface area contributed by atoms with Crippen molar-refractivity contribution in [3.8, 4) is 22.6 Å². The molecule has 2 heterocycles. The van der Waals surface area contributed by atoms with Gasteiger partial charge in [-0.05, 0) is 67.8 Å². The Labute approximate surface area is 213 Å². The summed E-state index contributed by atoms with van der Waals surface area (Å²) in [5.41, 5.74) is 6.29. The summed E-state index contributed by atoms with van der Waals surface area (Å²) in [5.74, 6) is 1.21. The fraction of sp³-hybridized carbons (Fsp3) is 0.172. The minimum absolute atomic E-state index is 0.246. The molecule has 36 heavy (non-hydrogen) atoms. The Kier molecular flexibility index (Phi) is 6.48. The number of rotatable bonds is 7. The molecule has 0 aliphatic carbocycles. The predicted molar refractivity (Wildman–Crippen MR) is 146 cm³/mol. The van der Waals surface area contributed by atoms with Gasteiger partial charge in [0.25, 0.3) is 0 Å². The molecule has 0 aliphatic heterocycles. The van der Waals surface area contributed by atoms with E-state index in [1.54, 1.807) is 19.4 Å². The van der Waals surface area contributed by atoms with Crippen LogP contribution in [0.5, 0.6) is 11.5 Å². The van der Waals surface area contributed by atoms with E-state index in [1.165, 1.54) is 11.3 Å². The van der Waals surface area contributed by atoms with Crippen molar-refractivity contribution in [2.24, 2.45) is 0 Å². The minimum atomic E-state index is -0.246. The van der Waals surface area contributed by atoms with Crippen LogP contribution in [0.2, 0.25) is 0 Å². The monoisotopic (exact) mass is 498 g/mol. The number of thiazole rings is 1. The van der Waals surface area contributed by atoms with Crippen LogP contribution >= 0.6 is 11.3 Å². The van der Waals surface area contributed by atoms with Gasteiger partial charge in [0.15, 0.2) is 5.13 Å². The number of carbonyl (C=O) groups excluding carboxylic acids is 1. The zero-order valence-corrected chi connectivity index (χ0v) is 21.4. The average Bonchev–Trinajstić information content (AvgIpc) is 3.46. The Hall–Kier alpha value is -4.10. The molecule has 6 nitrogen and oxygen atoms in total. The van der Waals surface area contributed by atoms with Gasteiger partial charge in [-0.1, -0.05) is 29.5 Å². The standard InChI is InChI=1S/C29H26N2O4S/c1-5-34-20-9-7-19(8-10-20)23-16-35-26-15-25(33-4)21(14-22(23)26)18(3)13-28(32)31-29-30-24-11-6-17(2)12-27(24)36-29/h6-16H,5H2,1-4H3,(H,30,31,32)/b18-13+. The number of methoxy groups -OCH3 is 1. The molecule has 0 atom stereocenters. The normalized spacial score (nSPS) is 11.7. The van der Waals surface area contributed by atoms with Crippen LogP contribution in [0, 0.1) is 6.92 Å². The molecule has 7 heteroatoms. The zero-order valence-electron chi connectivity index (χ0n) is 20.5. The number of benzene rings is 3. The molecule has 0 saturated heterocycles. The number of anilines is 1. The van der Waals surface area contributed by atoms with E-state index in [2.05, 4.69) is 16.4 Å². The first kappa shape index (κ1) is 23.6. The third kappa shape index (κ3) is 4.70. The second-order valence-corrected chi connectivity index (χ2v) is 9.49. The molecule has 1 N–H and O–H groups in total. The van der Waals surface area contributed by atoms with Gasteiger partial charge in [0.05, 0.1) is 30.2 Å². The smallest absolute Gasteiger partial charge is 0.250 e. The fourth-order valence-corrected chi connectivity index (χ4v) is 5.12. The lowest BCUT2D eigenvalue weighted by Gasteiger charge is -2.10. The van der Waals surface area contributed by atoms with Crippen LogP contribution in [0.25, 0.3) is 37.9 Å². The van der Waals surface area contributed by atoms with Gasteiger partial charge in [-0.15, -0.1) is 0 Å². The quantitative estimate of drug-likeness (QED) is 0.236. The van der Waals surface area contributed by atoms with Crippen LogP contribution in [0.1, 0.15) is 25.0 Å². The summed E-state index contributed by atoms with van der Waals surface area (Å²) < 4.78 is 18.1. The molecule has 182 valence electrons. The molecule has 0 aliphatic rings. The SMILES string of the molecule is CCOc1ccc(-c2coc3cc(OC)c(/C(C)=C/C(=O)Nc4nc5ccc(C)cc5s4)cc23)cc1. The number of furan rings is 1. The highest BCUT2D eigenvalue weighted by Crippen LogP contribution is 2.38. The molecule has 0 radical (unpaired) electrons. The summed E-state index contributed by atoms with van der Waals surface area (Å²) in [6.45, 7) is 6.51. The number of allylic oxidation sites excluding steroid dienone is 1. The van der Waals surface area contributed by atoms with E-state index < -0.39 is 0 Å². The van der Waals surface area contributed by atoms with E-state index in [-0.39, 0.29) is 5.91 Å². The van der Waals surface area contributed by atoms with Crippen LogP contribution in [0.4, 0.5) is 5.13 Å². The van der Waals surface area contributed by atoms with Gasteiger partial charge in [-0.25, -0.2) is 4.98 Å². The molecule has 2 aromatic heterocycles. The second kappa shape index (κ2) is 9.87. The third-order valence-electron chi connectivity index (χ3n) is 5.92. The Morgan fingerprint density at radius 2 is 1.94 bits per heavy atom. The van der Waals surface area contributed by atoms with E-state index >= 15 is 0 Å². The van der Waals surface area contributed by atoms with E-state index in [1.807, 2.05) is 69.3 Å². The van der Waals surface area contributed by atoms with Gasteiger partial charge in [-0.3, -0.25) is 10.1 Å². The van der Waals surface area contributed by atoms with Crippen LogP contribution < -0.4 is 14.8 Å². The summed E-state index contributed by atoms with van der Waals surface area (Å²) >= 11 is 1.46. The first-order valence-corrected chi connectivity index (χ1v) is 12.5. The van der Waals surface area contributed by atoms with Crippen molar-refractivity contribution in [2.45, 2.75) is 20.8 Å². The lowest BCUT2D eigenvalue weighted by atomic mass is 9.99. The summed E-state index contributed by atoms with van der Waals surface area (Å²) in [6.07, 6.45) is 3.31. The molecular weight excluding hydrogens is 472 g/mol. The molecule has 3 aromatic carbocycles. The molecule has 5 aromatic rings. The number of hydrogen-bond donors (Lipinski definition) is 1. The number of fused-ring (bicyclic) bond motifs is 2. The number of nitrogens with one attached hydrogen (secondary N) is 1. The summed E-state index contributed by atoms with van der Waals surface area (Å²) in [5, 5.41) is 4.40. The largest absolute Gasteiger partial charge is 0.496 e. The van der Waals surface area contributed by atoms with Crippen molar-refractivity contribution in [1.29, 1.82) is 0 Å². The molecule has 5 rings (SSSR count). The van der Waals surface area contributed by atoms with E-state index in [0.29, 0.717) is 23.1 Å². The van der Waals surface area contributed by atoms with E-state index in [4.69, 9.17) is 13.9 Å². The third-order valence-corrected chi connectivity index (χ3v) is 6.85. The first-order chi connectivity index (χ1) is 17.4. The molecule has 1 amide bonds. The van der Waals surface area contributed by atoms with Crippen molar-refractivity contribution >= 4 is 49.1 Å². The number of aryl methyl sites for hydroxylation is 1. The number of carbonyl (C=O) groups is 1. The van der Waals surface area contributed by atoms with Gasteiger partial charge in [0, 0.05) is 28.7 Å². The van der Waals surface area contributed by atoms with Crippen molar-refractivity contribution in [2.75, 3.05) is 19.0 Å². The van der Waals surface area contributed by atoms with Crippen LogP contribution in [0.3, 0.4) is 0 Å². The van der Waals surface area contributed by atoms with Crippen LogP contribution in [-0.4, -0.2) is 24.6 Å². The Morgan fingerprint density at radius 1 is 1.14 bits per heavy atom. The Balaban J connectivity index is 1.45. The maximum absolute atomic E-state index is 12.8. The predicted octanol–water partition coefficient (Wildman–Crippen LogP) is 7.47. The number of ether oxygens (including phenoxy) is 2. The van der Waals surface area contributed by atoms with Gasteiger partial charge in [0.1, 0.15) is 17.1 Å². The number of hydrogen-bond acceptors (Lipinski definition) is 6. The number of aromatic nitrogens is 1. The lowest BCUT2D eigenvalue weighted by molar-refractivity contribution is -0.111. The number of nitrogens with zero attached hydrogens (tertiary/aromatic N) is 1. The van der Waals surface area contributed by atoms with Crippen molar-refractivity contribution in [3.63, 3.8) is 0 Å². The molecule has 0 bridgehead atoms. The van der Waals surface area contributed by atoms with E-state index in [9.17, 15) is 4.79 Å². The first-order valence-electron chi connectivity index (χ1n) is 11.6. The van der Waals surface area contributed by atoms with Crippen LogP contribution in [0.15, 0.2) is 71.4 Å². The summed E-state index contributed by atoms with van der Waals surface area (Å²) in [7, 11) is 1.61. The average molecular weight is 499 g/mol.